The Kier molecular flexibility index (Phi) is 5.01. The summed E-state index contributed by atoms with van der Waals surface area (Å²) in [4.78, 5) is 55.8. The third-order valence-corrected chi connectivity index (χ3v) is 5.19. The number of ketones is 1. The van der Waals surface area contributed by atoms with E-state index in [0.29, 0.717) is 24.9 Å². The number of carbonyl (C=O) groups excluding carboxylic acids is 4. The van der Waals surface area contributed by atoms with E-state index in [0.717, 1.165) is 0 Å². The molecule has 1 aromatic rings. The van der Waals surface area contributed by atoms with Crippen molar-refractivity contribution in [2.45, 2.75) is 38.3 Å². The van der Waals surface area contributed by atoms with E-state index in [1.54, 1.807) is 35.1 Å². The van der Waals surface area contributed by atoms with Gasteiger partial charge in [-0.2, -0.15) is 0 Å². The molecule has 3 amide bonds. The summed E-state index contributed by atoms with van der Waals surface area (Å²) >= 11 is 0. The van der Waals surface area contributed by atoms with Crippen molar-refractivity contribution in [2.75, 3.05) is 13.1 Å². The molecule has 0 aliphatic carbocycles. The number of rotatable bonds is 5. The molecular formula is C18H22N4O4. The summed E-state index contributed by atoms with van der Waals surface area (Å²) in [5, 5.41) is 0. The van der Waals surface area contributed by atoms with Crippen molar-refractivity contribution in [3.05, 3.63) is 30.1 Å². The van der Waals surface area contributed by atoms with E-state index >= 15 is 0 Å². The summed E-state index contributed by atoms with van der Waals surface area (Å²) in [6.07, 6.45) is 4.15. The number of amides is 3. The van der Waals surface area contributed by atoms with Gasteiger partial charge < -0.3 is 15.5 Å². The van der Waals surface area contributed by atoms with Crippen LogP contribution in [0.3, 0.4) is 0 Å². The lowest BCUT2D eigenvalue weighted by atomic mass is 10.0. The van der Waals surface area contributed by atoms with Crippen LogP contribution in [0.1, 0.15) is 36.5 Å². The number of fused-ring (bicyclic) bond motifs is 1. The Bertz CT molecular complexity index is 736. The number of pyridine rings is 1. The Labute approximate surface area is 151 Å². The van der Waals surface area contributed by atoms with E-state index in [9.17, 15) is 19.2 Å². The highest BCUT2D eigenvalue weighted by molar-refractivity contribution is 6.02. The number of primary amides is 1. The Balaban J connectivity index is 1.68. The molecule has 2 aliphatic heterocycles. The first-order chi connectivity index (χ1) is 12.4. The lowest BCUT2D eigenvalue weighted by molar-refractivity contribution is -0.136. The standard InChI is InChI=1S/C18H22N4O4/c1-11(17(19)25)4-5-15(24)21-8-6-13-16(21)14(23)10-22(13)18(26)12-3-2-7-20-9-12/h2-3,7,9,11,13,16H,4-6,8,10H2,1H3,(H2,19,25). The number of likely N-dealkylation sites (tertiary alicyclic amines) is 2. The smallest absolute Gasteiger partial charge is 0.256 e. The predicted octanol–water partition coefficient (Wildman–Crippen LogP) is -0.0224. The number of hydrogen-bond acceptors (Lipinski definition) is 5. The molecule has 1 aromatic heterocycles. The molecule has 2 aliphatic rings. The molecule has 0 radical (unpaired) electrons. The fourth-order valence-corrected chi connectivity index (χ4v) is 3.65. The largest absolute Gasteiger partial charge is 0.369 e. The molecule has 26 heavy (non-hydrogen) atoms. The Morgan fingerprint density at radius 1 is 1.35 bits per heavy atom. The minimum Gasteiger partial charge on any atom is -0.369 e. The van der Waals surface area contributed by atoms with Crippen molar-refractivity contribution in [1.82, 2.24) is 14.8 Å². The second kappa shape index (κ2) is 7.23. The molecule has 2 saturated heterocycles. The van der Waals surface area contributed by atoms with Crippen LogP contribution in [0.4, 0.5) is 0 Å². The van der Waals surface area contributed by atoms with Gasteiger partial charge in [0.15, 0.2) is 5.78 Å². The zero-order valence-corrected chi connectivity index (χ0v) is 14.6. The molecular weight excluding hydrogens is 336 g/mol. The Morgan fingerprint density at radius 3 is 2.77 bits per heavy atom. The minimum atomic E-state index is -0.591. The molecule has 3 rings (SSSR count). The average molecular weight is 358 g/mol. The van der Waals surface area contributed by atoms with Gasteiger partial charge in [-0.25, -0.2) is 0 Å². The van der Waals surface area contributed by atoms with Crippen LogP contribution in [0.15, 0.2) is 24.5 Å². The highest BCUT2D eigenvalue weighted by Gasteiger charge is 2.51. The molecule has 0 spiro atoms. The average Bonchev–Trinajstić information content (AvgIpc) is 3.21. The van der Waals surface area contributed by atoms with Gasteiger partial charge in [0.2, 0.25) is 11.8 Å². The van der Waals surface area contributed by atoms with Crippen molar-refractivity contribution in [3.8, 4) is 0 Å². The highest BCUT2D eigenvalue weighted by atomic mass is 16.2. The van der Waals surface area contributed by atoms with Gasteiger partial charge >= 0.3 is 0 Å². The first-order valence-corrected chi connectivity index (χ1v) is 8.72. The number of carbonyl (C=O) groups is 4. The van der Waals surface area contributed by atoms with Crippen LogP contribution in [0.25, 0.3) is 0 Å². The van der Waals surface area contributed by atoms with E-state index in [2.05, 4.69) is 4.98 Å². The molecule has 0 aromatic carbocycles. The van der Waals surface area contributed by atoms with E-state index in [4.69, 9.17) is 5.73 Å². The van der Waals surface area contributed by atoms with Gasteiger partial charge in [-0.3, -0.25) is 24.2 Å². The zero-order valence-electron chi connectivity index (χ0n) is 14.6. The van der Waals surface area contributed by atoms with Crippen molar-refractivity contribution < 1.29 is 19.2 Å². The quantitative estimate of drug-likeness (QED) is 0.794. The SMILES string of the molecule is CC(CCC(=O)N1CCC2C1C(=O)CN2C(=O)c1cccnc1)C(N)=O. The number of nitrogens with two attached hydrogens (primary N) is 1. The van der Waals surface area contributed by atoms with Crippen LogP contribution in [0.2, 0.25) is 0 Å². The summed E-state index contributed by atoms with van der Waals surface area (Å²) in [6.45, 7) is 2.11. The molecule has 3 unspecified atom stereocenters. The second-order valence-electron chi connectivity index (χ2n) is 6.87. The third-order valence-electron chi connectivity index (χ3n) is 5.19. The lowest BCUT2D eigenvalue weighted by Crippen LogP contribution is -2.43. The molecule has 2 N–H and O–H groups in total. The lowest BCUT2D eigenvalue weighted by Gasteiger charge is -2.24. The molecule has 8 heteroatoms. The van der Waals surface area contributed by atoms with E-state index in [1.165, 1.54) is 6.20 Å². The summed E-state index contributed by atoms with van der Waals surface area (Å²) in [5.41, 5.74) is 5.65. The summed E-state index contributed by atoms with van der Waals surface area (Å²) in [5.74, 6) is -1.37. The van der Waals surface area contributed by atoms with Gasteiger partial charge in [0.1, 0.15) is 6.04 Å². The zero-order chi connectivity index (χ0) is 18.8. The molecule has 0 saturated carbocycles. The van der Waals surface area contributed by atoms with Crippen LogP contribution < -0.4 is 5.73 Å². The van der Waals surface area contributed by atoms with Crippen LogP contribution in [-0.2, 0) is 14.4 Å². The van der Waals surface area contributed by atoms with E-state index in [1.807, 2.05) is 0 Å². The monoisotopic (exact) mass is 358 g/mol. The number of Topliss-reactive ketones (excluding diaryl/α,β-unsaturated/α-hetero) is 1. The molecule has 2 fully saturated rings. The Hall–Kier alpha value is -2.77. The molecule has 138 valence electrons. The fraction of sp³-hybridized carbons (Fsp3) is 0.500. The first-order valence-electron chi connectivity index (χ1n) is 8.72. The topological polar surface area (TPSA) is 114 Å². The number of hydrogen-bond donors (Lipinski definition) is 1. The molecule has 0 bridgehead atoms. The van der Waals surface area contributed by atoms with Crippen molar-refractivity contribution in [3.63, 3.8) is 0 Å². The normalized spacial score (nSPS) is 23.0. The summed E-state index contributed by atoms with van der Waals surface area (Å²) < 4.78 is 0. The van der Waals surface area contributed by atoms with Crippen LogP contribution in [0.5, 0.6) is 0 Å². The van der Waals surface area contributed by atoms with Gasteiger partial charge in [0, 0.05) is 31.3 Å². The van der Waals surface area contributed by atoms with Crippen LogP contribution in [0, 0.1) is 5.92 Å². The van der Waals surface area contributed by atoms with Crippen molar-refractivity contribution in [2.24, 2.45) is 11.7 Å². The van der Waals surface area contributed by atoms with Crippen molar-refractivity contribution in [1.29, 1.82) is 0 Å². The van der Waals surface area contributed by atoms with Gasteiger partial charge in [0.05, 0.1) is 18.2 Å². The molecule has 3 atom stereocenters. The first kappa shape index (κ1) is 18.0. The van der Waals surface area contributed by atoms with Crippen molar-refractivity contribution >= 4 is 23.5 Å². The highest BCUT2D eigenvalue weighted by Crippen LogP contribution is 2.31. The Morgan fingerprint density at radius 2 is 2.12 bits per heavy atom. The summed E-state index contributed by atoms with van der Waals surface area (Å²) in [7, 11) is 0. The summed E-state index contributed by atoms with van der Waals surface area (Å²) in [6, 6.07) is 2.45. The van der Waals surface area contributed by atoms with Gasteiger partial charge in [0.25, 0.3) is 5.91 Å². The fourth-order valence-electron chi connectivity index (χ4n) is 3.65. The second-order valence-corrected chi connectivity index (χ2v) is 6.87. The number of nitrogens with zero attached hydrogens (tertiary/aromatic N) is 3. The van der Waals surface area contributed by atoms with E-state index < -0.39 is 11.9 Å². The third kappa shape index (κ3) is 3.31. The van der Waals surface area contributed by atoms with Crippen LogP contribution >= 0.6 is 0 Å². The van der Waals surface area contributed by atoms with Gasteiger partial charge in [-0.05, 0) is 25.0 Å². The maximum Gasteiger partial charge on any atom is 0.256 e. The molecule has 3 heterocycles. The van der Waals surface area contributed by atoms with Gasteiger partial charge in [-0.15, -0.1) is 0 Å². The predicted molar refractivity (Wildman–Crippen MR) is 91.8 cm³/mol. The molecule has 8 nitrogen and oxygen atoms in total. The number of aromatic nitrogens is 1. The van der Waals surface area contributed by atoms with Crippen LogP contribution in [-0.4, -0.2) is 63.5 Å². The maximum absolute atomic E-state index is 12.7. The van der Waals surface area contributed by atoms with E-state index in [-0.39, 0.29) is 42.5 Å². The van der Waals surface area contributed by atoms with Gasteiger partial charge in [-0.1, -0.05) is 6.92 Å². The maximum atomic E-state index is 12.7. The minimum absolute atomic E-state index is 0.00449.